The molecule has 9 N–H and O–H groups in total. The molecule has 1 aliphatic heterocycles. The fraction of sp³-hybridized carbons (Fsp3) is 0.545. The maximum Gasteiger partial charge on any atom is 0.312 e. The Kier molecular flexibility index (Phi) is 24.2. The van der Waals surface area contributed by atoms with E-state index in [1.165, 1.54) is 54.3 Å². The van der Waals surface area contributed by atoms with Gasteiger partial charge in [0.15, 0.2) is 0 Å². The van der Waals surface area contributed by atoms with Crippen LogP contribution in [-0.2, 0) is 59.5 Å². The van der Waals surface area contributed by atoms with Crippen molar-refractivity contribution in [3.8, 4) is 0 Å². The molecule has 3 rings (SSSR count). The third-order valence-corrected chi connectivity index (χ3v) is 14.5. The van der Waals surface area contributed by atoms with Crippen molar-refractivity contribution < 1.29 is 51.6 Å². The van der Waals surface area contributed by atoms with E-state index in [4.69, 9.17) is 5.73 Å². The summed E-state index contributed by atoms with van der Waals surface area (Å²) in [6.07, 6.45) is 5.81. The number of likely N-dealkylation sites (N-methyl/N-ethyl adjacent to an activating group) is 2. The van der Waals surface area contributed by atoms with Crippen LogP contribution in [0.2, 0.25) is 0 Å². The van der Waals surface area contributed by atoms with Crippen LogP contribution < -0.4 is 42.4 Å². The van der Waals surface area contributed by atoms with Gasteiger partial charge in [0.25, 0.3) is 17.7 Å². The Morgan fingerprint density at radius 3 is 1.91 bits per heavy atom. The topological polar surface area (TPSA) is 304 Å². The first-order valence-corrected chi connectivity index (χ1v) is 27.6. The maximum absolute atomic E-state index is 14.4. The van der Waals surface area contributed by atoms with Crippen molar-refractivity contribution in [2.24, 2.45) is 23.0 Å². The average Bonchev–Trinajstić information content (AvgIpc) is 3.66. The van der Waals surface area contributed by atoms with Gasteiger partial charge >= 0.3 is 6.03 Å². The summed E-state index contributed by atoms with van der Waals surface area (Å²) in [5, 5.41) is 16.7. The number of rotatable bonds is 29. The van der Waals surface area contributed by atoms with E-state index in [2.05, 4.69) is 36.6 Å². The number of nitrogens with two attached hydrogens (primary N) is 1. The molecule has 1 heterocycles. The van der Waals surface area contributed by atoms with Crippen LogP contribution in [0.4, 0.5) is 10.5 Å². The zero-order valence-electron chi connectivity index (χ0n) is 46.7. The maximum atomic E-state index is 14.4. The highest BCUT2D eigenvalue weighted by molar-refractivity contribution is 7.89. The summed E-state index contributed by atoms with van der Waals surface area (Å²) in [6.45, 7) is 18.4. The quantitative estimate of drug-likeness (QED) is 0.0329. The molecular weight excluding hydrogens is 1010 g/mol. The number of amides is 10. The molecule has 5 atom stereocenters. The van der Waals surface area contributed by atoms with E-state index in [1.54, 1.807) is 27.9 Å². The van der Waals surface area contributed by atoms with Gasteiger partial charge in [-0.3, -0.25) is 43.3 Å². The highest BCUT2D eigenvalue weighted by Crippen LogP contribution is 2.29. The summed E-state index contributed by atoms with van der Waals surface area (Å²) in [6, 6.07) is 10.1. The van der Waals surface area contributed by atoms with Crippen LogP contribution in [0.1, 0.15) is 119 Å². The first kappa shape index (κ1) is 64.3. The predicted octanol–water partition coefficient (Wildman–Crippen LogP) is 3.66. The highest BCUT2D eigenvalue weighted by Gasteiger charge is 2.42. The molecule has 10 amide bonds. The minimum atomic E-state index is -4.29. The first-order valence-electron chi connectivity index (χ1n) is 26.0. The van der Waals surface area contributed by atoms with Gasteiger partial charge in [0.2, 0.25) is 39.6 Å². The van der Waals surface area contributed by atoms with Crippen LogP contribution in [0.15, 0.2) is 78.4 Å². The van der Waals surface area contributed by atoms with E-state index in [1.807, 2.05) is 78.8 Å². The monoisotopic (exact) mass is 1090 g/mol. The first-order chi connectivity index (χ1) is 35.9. The van der Waals surface area contributed by atoms with Crippen LogP contribution >= 0.6 is 0 Å². The fourth-order valence-corrected chi connectivity index (χ4v) is 9.91. The lowest BCUT2D eigenvalue weighted by Gasteiger charge is -2.40. The Bertz CT molecular complexity index is 2580. The van der Waals surface area contributed by atoms with E-state index in [0.717, 1.165) is 10.5 Å². The van der Waals surface area contributed by atoms with Gasteiger partial charge in [-0.2, -0.15) is 0 Å². The molecule has 1 aliphatic rings. The highest BCUT2D eigenvalue weighted by atomic mass is 32.2. The summed E-state index contributed by atoms with van der Waals surface area (Å²) in [5.74, 6) is -5.32. The second kappa shape index (κ2) is 29.0. The minimum absolute atomic E-state index is 0.0353. The zero-order chi connectivity index (χ0) is 58.0. The van der Waals surface area contributed by atoms with Crippen molar-refractivity contribution in [1.82, 2.24) is 41.1 Å². The van der Waals surface area contributed by atoms with E-state index in [0.29, 0.717) is 19.3 Å². The number of carbonyl (C=O) groups is 9. The predicted molar refractivity (Wildman–Crippen MR) is 295 cm³/mol. The summed E-state index contributed by atoms with van der Waals surface area (Å²) in [4.78, 5) is 120. The molecule has 2 aromatic carbocycles. The lowest BCUT2D eigenvalue weighted by atomic mass is 9.76. The van der Waals surface area contributed by atoms with Crippen molar-refractivity contribution in [1.29, 1.82) is 0 Å². The molecule has 0 aromatic heterocycles. The summed E-state index contributed by atoms with van der Waals surface area (Å²) in [7, 11) is -1.01. The number of anilines is 1. The third kappa shape index (κ3) is 19.9. The van der Waals surface area contributed by atoms with Gasteiger partial charge < -0.3 is 42.5 Å². The number of benzene rings is 2. The normalized spacial score (nSPS) is 15.0. The Labute approximate surface area is 454 Å². The molecule has 0 saturated heterocycles. The molecule has 0 saturated carbocycles. The SMILES string of the molecule is CN[C@H](C(=O)N[C@H](C(=O)N(C)[C@H](/C=C(\C)C(=O)NS(=O)(=O)Cc1ccc(NC(=O)[C@H](CCCNC(N)=O)NC(=O)[C@@H](NC(=O)CCCCCN2C(=O)C=CC2=O)C(C)C)cc1)C(C)C)C(C)(C)C)C(C)(C)c1ccccc1. The Hall–Kier alpha value is -6.94. The number of nitrogens with zero attached hydrogens (tertiary/aromatic N) is 2. The second-order valence-electron chi connectivity index (χ2n) is 21.8. The zero-order valence-corrected chi connectivity index (χ0v) is 47.5. The van der Waals surface area contributed by atoms with Gasteiger partial charge in [0, 0.05) is 55.4 Å². The number of imide groups is 1. The van der Waals surface area contributed by atoms with Crippen LogP contribution in [0.5, 0.6) is 0 Å². The van der Waals surface area contributed by atoms with Crippen molar-refractivity contribution in [2.75, 3.05) is 32.5 Å². The number of urea groups is 1. The van der Waals surface area contributed by atoms with E-state index in [-0.39, 0.29) is 78.7 Å². The van der Waals surface area contributed by atoms with E-state index in [9.17, 15) is 51.6 Å². The smallest absolute Gasteiger partial charge is 0.312 e. The number of unbranched alkanes of at least 4 members (excludes halogenated alkanes) is 2. The third-order valence-electron chi connectivity index (χ3n) is 13.3. The molecule has 0 radical (unpaired) electrons. The molecule has 424 valence electrons. The fourth-order valence-electron chi connectivity index (χ4n) is 8.77. The average molecular weight is 1090 g/mol. The van der Waals surface area contributed by atoms with Crippen LogP contribution in [0, 0.1) is 17.3 Å². The van der Waals surface area contributed by atoms with Crippen molar-refractivity contribution in [3.05, 3.63) is 89.5 Å². The molecule has 0 unspecified atom stereocenters. The van der Waals surface area contributed by atoms with Crippen LogP contribution in [-0.4, -0.2) is 129 Å². The minimum Gasteiger partial charge on any atom is -0.352 e. The Balaban J connectivity index is 1.67. The second-order valence-corrected chi connectivity index (χ2v) is 23.5. The van der Waals surface area contributed by atoms with Crippen molar-refractivity contribution in [3.63, 3.8) is 0 Å². The lowest BCUT2D eigenvalue weighted by molar-refractivity contribution is -0.141. The lowest BCUT2D eigenvalue weighted by Crippen LogP contribution is -2.61. The molecule has 0 fully saturated rings. The molecule has 22 heteroatoms. The van der Waals surface area contributed by atoms with E-state index >= 15 is 0 Å². The van der Waals surface area contributed by atoms with Gasteiger partial charge in [-0.05, 0) is 80.2 Å². The number of primary amides is 1. The van der Waals surface area contributed by atoms with Gasteiger partial charge in [-0.1, -0.05) is 117 Å². The number of sulfonamides is 1. The van der Waals surface area contributed by atoms with Crippen LogP contribution in [0.3, 0.4) is 0 Å². The van der Waals surface area contributed by atoms with E-state index < -0.39 is 92.4 Å². The summed E-state index contributed by atoms with van der Waals surface area (Å²) >= 11 is 0. The summed E-state index contributed by atoms with van der Waals surface area (Å²) < 4.78 is 28.9. The summed E-state index contributed by atoms with van der Waals surface area (Å²) in [5.41, 5.74) is 5.31. The molecular formula is C55H82N10O11S. The number of hydrogen-bond acceptors (Lipinski definition) is 12. The Morgan fingerprint density at radius 1 is 0.753 bits per heavy atom. The molecule has 77 heavy (non-hydrogen) atoms. The number of carbonyl (C=O) groups excluding carboxylic acids is 9. The molecule has 2 aromatic rings. The molecule has 21 nitrogen and oxygen atoms in total. The van der Waals surface area contributed by atoms with Crippen molar-refractivity contribution in [2.45, 2.75) is 149 Å². The van der Waals surface area contributed by atoms with Crippen molar-refractivity contribution >= 4 is 69.0 Å². The molecule has 0 spiro atoms. The molecule has 0 aliphatic carbocycles. The number of nitrogens with one attached hydrogen (secondary N) is 7. The Morgan fingerprint density at radius 2 is 1.36 bits per heavy atom. The van der Waals surface area contributed by atoms with Gasteiger partial charge in [-0.15, -0.1) is 0 Å². The van der Waals surface area contributed by atoms with Gasteiger partial charge in [0.05, 0.1) is 17.8 Å². The number of hydrogen-bond donors (Lipinski definition) is 8. The largest absolute Gasteiger partial charge is 0.352 e. The molecule has 0 bridgehead atoms. The van der Waals surface area contributed by atoms with Crippen LogP contribution in [0.25, 0.3) is 0 Å². The van der Waals surface area contributed by atoms with Gasteiger partial charge in [0.1, 0.15) is 18.1 Å². The van der Waals surface area contributed by atoms with Gasteiger partial charge in [-0.25, -0.2) is 17.9 Å². The standard InChI is InChI=1S/C55H82N10O11S/c1-34(2)41(64(12)52(73)47(54(6,7)8)62-51(72)46(57-11)55(9,10)38-20-15-13-16-21-38)32-36(5)48(69)63-77(75,76)33-37-24-26-39(27-25-37)59-49(70)40(22-19-30-58-53(56)74)60-50(71)45(35(3)4)61-42(66)23-17-14-18-31-65-43(67)28-29-44(65)68/h13,15-16,20-21,24-29,32,34-35,40-41,45-47,57H,14,17-19,22-23,30-31,33H2,1-12H3,(H,59,70)(H,60,71)(H,61,66)(H,62,72)(H,63,69)(H3,56,58,74)/b36-32+/t40-,41+,45-,46+,47+/m0/s1.